The number of carbonyl (C=O) groups excluding carboxylic acids is 1. The molecule has 1 saturated heterocycles. The summed E-state index contributed by atoms with van der Waals surface area (Å²) in [5, 5.41) is 4.60. The molecule has 3 rings (SSSR count). The first kappa shape index (κ1) is 17.9. The Balaban J connectivity index is 1.84. The Morgan fingerprint density at radius 2 is 2.24 bits per heavy atom. The number of rotatable bonds is 7. The van der Waals surface area contributed by atoms with Crippen LogP contribution in [0, 0.1) is 0 Å². The summed E-state index contributed by atoms with van der Waals surface area (Å²) in [6.45, 7) is 3.48. The average Bonchev–Trinajstić information content (AvgIpc) is 3.28. The summed E-state index contributed by atoms with van der Waals surface area (Å²) in [5.74, 6) is -0.245. The average molecular weight is 365 g/mol. The van der Waals surface area contributed by atoms with Gasteiger partial charge in [0.1, 0.15) is 11.2 Å². The molecule has 0 bridgehead atoms. The van der Waals surface area contributed by atoms with Crippen LogP contribution < -0.4 is 16.6 Å². The summed E-state index contributed by atoms with van der Waals surface area (Å²) in [7, 11) is 0. The van der Waals surface area contributed by atoms with E-state index in [1.165, 1.54) is 20.5 Å². The van der Waals surface area contributed by atoms with Crippen LogP contribution in [-0.4, -0.2) is 34.3 Å². The van der Waals surface area contributed by atoms with E-state index in [0.717, 1.165) is 32.3 Å². The first-order chi connectivity index (χ1) is 12.1. The summed E-state index contributed by atoms with van der Waals surface area (Å²) in [6, 6.07) is 1.72. The van der Waals surface area contributed by atoms with Crippen LogP contribution in [0.4, 0.5) is 0 Å². The minimum absolute atomic E-state index is 0.0559. The zero-order valence-corrected chi connectivity index (χ0v) is 15.1. The molecule has 136 valence electrons. The lowest BCUT2D eigenvalue weighted by Crippen LogP contribution is -2.43. The van der Waals surface area contributed by atoms with Gasteiger partial charge in [0.05, 0.1) is 11.6 Å². The van der Waals surface area contributed by atoms with E-state index in [1.807, 2.05) is 6.92 Å². The van der Waals surface area contributed by atoms with E-state index in [4.69, 9.17) is 4.74 Å². The molecule has 8 heteroatoms. The molecule has 2 aromatic heterocycles. The van der Waals surface area contributed by atoms with E-state index in [1.54, 1.807) is 11.4 Å². The molecule has 1 aliphatic heterocycles. The third-order valence-corrected chi connectivity index (χ3v) is 5.32. The number of unbranched alkanes of at least 4 members (excludes halogenated alkanes) is 1. The third-order valence-electron chi connectivity index (χ3n) is 4.42. The van der Waals surface area contributed by atoms with Crippen molar-refractivity contribution in [3.8, 4) is 0 Å². The van der Waals surface area contributed by atoms with E-state index in [9.17, 15) is 14.4 Å². The number of aromatic nitrogens is 2. The predicted molar refractivity (Wildman–Crippen MR) is 97.2 cm³/mol. The number of hydrogen-bond acceptors (Lipinski definition) is 5. The van der Waals surface area contributed by atoms with E-state index in [-0.39, 0.29) is 24.1 Å². The van der Waals surface area contributed by atoms with Crippen molar-refractivity contribution < 1.29 is 9.53 Å². The molecule has 1 fully saturated rings. The number of hydrogen-bond donors (Lipinski definition) is 1. The van der Waals surface area contributed by atoms with Gasteiger partial charge in [0, 0.05) is 19.7 Å². The largest absolute Gasteiger partial charge is 0.376 e. The van der Waals surface area contributed by atoms with Crippen molar-refractivity contribution in [1.82, 2.24) is 14.5 Å². The Bertz CT molecular complexity index is 861. The molecule has 1 amide bonds. The van der Waals surface area contributed by atoms with Gasteiger partial charge in [-0.1, -0.05) is 13.3 Å². The number of fused-ring (bicyclic) bond motifs is 1. The SMILES string of the molecule is CCCCn1c(=O)c2sccc2n(CC(=O)NC[C@H]2CCCO2)c1=O. The highest BCUT2D eigenvalue weighted by Crippen LogP contribution is 2.15. The molecule has 1 N–H and O–H groups in total. The van der Waals surface area contributed by atoms with E-state index in [2.05, 4.69) is 5.32 Å². The number of amides is 1. The zero-order valence-electron chi connectivity index (χ0n) is 14.3. The Morgan fingerprint density at radius 1 is 1.40 bits per heavy atom. The topological polar surface area (TPSA) is 82.3 Å². The molecule has 0 spiro atoms. The minimum atomic E-state index is -0.420. The Labute approximate surface area is 149 Å². The molecule has 1 aliphatic rings. The Hall–Kier alpha value is -1.93. The number of carbonyl (C=O) groups is 1. The Kier molecular flexibility index (Phi) is 5.70. The summed E-state index contributed by atoms with van der Waals surface area (Å²) in [5.41, 5.74) is -0.156. The summed E-state index contributed by atoms with van der Waals surface area (Å²) >= 11 is 1.30. The van der Waals surface area contributed by atoms with Gasteiger partial charge in [-0.2, -0.15) is 0 Å². The zero-order chi connectivity index (χ0) is 17.8. The van der Waals surface area contributed by atoms with Gasteiger partial charge in [0.15, 0.2) is 0 Å². The standard InChI is InChI=1S/C17H23N3O4S/c1-2-3-7-19-16(22)15-13(6-9-25-15)20(17(19)23)11-14(21)18-10-12-5-4-8-24-12/h6,9,12H,2-5,7-8,10-11H2,1H3,(H,18,21)/t12-/m1/s1. The van der Waals surface area contributed by atoms with Crippen molar-refractivity contribution in [3.05, 3.63) is 32.3 Å². The predicted octanol–water partition coefficient (Wildman–Crippen LogP) is 1.32. The van der Waals surface area contributed by atoms with Crippen LogP contribution in [0.25, 0.3) is 10.2 Å². The van der Waals surface area contributed by atoms with Crippen LogP contribution in [0.2, 0.25) is 0 Å². The first-order valence-corrected chi connectivity index (χ1v) is 9.59. The number of nitrogens with one attached hydrogen (secondary N) is 1. The fraction of sp³-hybridized carbons (Fsp3) is 0.588. The fourth-order valence-corrected chi connectivity index (χ4v) is 3.88. The van der Waals surface area contributed by atoms with Gasteiger partial charge in [0.25, 0.3) is 5.56 Å². The number of ether oxygens (including phenoxy) is 1. The number of nitrogens with zero attached hydrogens (tertiary/aromatic N) is 2. The molecule has 0 unspecified atom stereocenters. The lowest BCUT2D eigenvalue weighted by molar-refractivity contribution is -0.122. The van der Waals surface area contributed by atoms with Crippen LogP contribution in [0.1, 0.15) is 32.6 Å². The van der Waals surface area contributed by atoms with Gasteiger partial charge >= 0.3 is 5.69 Å². The van der Waals surface area contributed by atoms with Gasteiger partial charge in [-0.25, -0.2) is 4.79 Å². The van der Waals surface area contributed by atoms with Gasteiger partial charge in [-0.15, -0.1) is 11.3 Å². The highest BCUT2D eigenvalue weighted by atomic mass is 32.1. The van der Waals surface area contributed by atoms with Crippen molar-refractivity contribution in [2.75, 3.05) is 13.2 Å². The third kappa shape index (κ3) is 3.85. The van der Waals surface area contributed by atoms with Crippen molar-refractivity contribution in [1.29, 1.82) is 0 Å². The molecular weight excluding hydrogens is 342 g/mol. The molecule has 25 heavy (non-hydrogen) atoms. The van der Waals surface area contributed by atoms with Gasteiger partial charge < -0.3 is 10.1 Å². The van der Waals surface area contributed by atoms with Crippen molar-refractivity contribution in [2.24, 2.45) is 0 Å². The summed E-state index contributed by atoms with van der Waals surface area (Å²) in [6.07, 6.45) is 3.64. The monoisotopic (exact) mass is 365 g/mol. The molecule has 2 aromatic rings. The first-order valence-electron chi connectivity index (χ1n) is 8.71. The second kappa shape index (κ2) is 7.97. The van der Waals surface area contributed by atoms with Gasteiger partial charge in [0.2, 0.25) is 5.91 Å². The van der Waals surface area contributed by atoms with Crippen molar-refractivity contribution in [2.45, 2.75) is 51.8 Å². The maximum absolute atomic E-state index is 12.7. The lowest BCUT2D eigenvalue weighted by atomic mass is 10.2. The highest BCUT2D eigenvalue weighted by Gasteiger charge is 2.18. The van der Waals surface area contributed by atoms with Crippen LogP contribution in [0.3, 0.4) is 0 Å². The maximum atomic E-state index is 12.7. The van der Waals surface area contributed by atoms with Gasteiger partial charge in [-0.05, 0) is 30.7 Å². The molecule has 0 saturated carbocycles. The molecule has 1 atom stereocenters. The van der Waals surface area contributed by atoms with E-state index >= 15 is 0 Å². The second-order valence-corrected chi connectivity index (χ2v) is 7.17. The maximum Gasteiger partial charge on any atom is 0.332 e. The number of thiophene rings is 1. The second-order valence-electron chi connectivity index (χ2n) is 6.25. The molecule has 0 aliphatic carbocycles. The van der Waals surface area contributed by atoms with E-state index < -0.39 is 5.69 Å². The molecule has 0 radical (unpaired) electrons. The van der Waals surface area contributed by atoms with Crippen molar-refractivity contribution in [3.63, 3.8) is 0 Å². The van der Waals surface area contributed by atoms with Crippen molar-refractivity contribution >= 4 is 27.5 Å². The smallest absolute Gasteiger partial charge is 0.332 e. The minimum Gasteiger partial charge on any atom is -0.376 e. The van der Waals surface area contributed by atoms with Crippen LogP contribution in [0.5, 0.6) is 0 Å². The fourth-order valence-electron chi connectivity index (χ4n) is 3.03. The molecular formula is C17H23N3O4S. The normalized spacial score (nSPS) is 17.2. The summed E-state index contributed by atoms with van der Waals surface area (Å²) in [4.78, 5) is 37.5. The Morgan fingerprint density at radius 3 is 2.96 bits per heavy atom. The van der Waals surface area contributed by atoms with E-state index in [0.29, 0.717) is 23.3 Å². The summed E-state index contributed by atoms with van der Waals surface area (Å²) < 4.78 is 8.65. The molecule has 3 heterocycles. The van der Waals surface area contributed by atoms with Crippen LogP contribution in [0.15, 0.2) is 21.0 Å². The van der Waals surface area contributed by atoms with Crippen LogP contribution in [-0.2, 0) is 22.6 Å². The van der Waals surface area contributed by atoms with Gasteiger partial charge in [-0.3, -0.25) is 18.7 Å². The molecule has 0 aromatic carbocycles. The highest BCUT2D eigenvalue weighted by molar-refractivity contribution is 7.17. The quantitative estimate of drug-likeness (QED) is 0.802. The van der Waals surface area contributed by atoms with Crippen LogP contribution >= 0.6 is 11.3 Å². The lowest BCUT2D eigenvalue weighted by Gasteiger charge is -2.14. The molecule has 7 nitrogen and oxygen atoms in total.